The first kappa shape index (κ1) is 25.2. The summed E-state index contributed by atoms with van der Waals surface area (Å²) in [7, 11) is 0. The third-order valence-corrected chi connectivity index (χ3v) is 5.82. The van der Waals surface area contributed by atoms with Gasteiger partial charge in [-0.05, 0) is 59.9 Å². The number of benzene rings is 2. The van der Waals surface area contributed by atoms with Gasteiger partial charge in [-0.15, -0.1) is 0 Å². The standard InChI is InChI=1S/C22H21ClF6N2O2/c1-2-19(32)31-18-6-3-12-7-16(4-5-17(12)18)30-11-20(33,22(27,28)29)13-8-14(21(24,25)26)10-15(23)9-13/h4-5,7-10,18,30,33H,2-3,6,11H2,1H3,(H,31,32)/t18-,20-/m0/s1. The van der Waals surface area contributed by atoms with Crippen LogP contribution in [0.15, 0.2) is 36.4 Å². The first-order valence-corrected chi connectivity index (χ1v) is 10.5. The first-order chi connectivity index (χ1) is 15.2. The van der Waals surface area contributed by atoms with Crippen LogP contribution in [0.25, 0.3) is 0 Å². The van der Waals surface area contributed by atoms with Crippen LogP contribution in [-0.2, 0) is 23.0 Å². The zero-order valence-electron chi connectivity index (χ0n) is 17.4. The molecule has 0 unspecified atom stereocenters. The van der Waals surface area contributed by atoms with Crippen LogP contribution in [0.1, 0.15) is 48.1 Å². The fourth-order valence-corrected chi connectivity index (χ4v) is 4.00. The van der Waals surface area contributed by atoms with E-state index in [-0.39, 0.29) is 23.7 Å². The van der Waals surface area contributed by atoms with Crippen LogP contribution in [0.4, 0.5) is 32.0 Å². The number of rotatable bonds is 6. The highest BCUT2D eigenvalue weighted by molar-refractivity contribution is 6.30. The largest absolute Gasteiger partial charge is 0.423 e. The van der Waals surface area contributed by atoms with E-state index >= 15 is 0 Å². The van der Waals surface area contributed by atoms with Crippen LogP contribution in [0.5, 0.6) is 0 Å². The van der Waals surface area contributed by atoms with Crippen molar-refractivity contribution >= 4 is 23.2 Å². The van der Waals surface area contributed by atoms with E-state index in [1.807, 2.05) is 0 Å². The lowest BCUT2D eigenvalue weighted by atomic mass is 9.91. The SMILES string of the molecule is CCC(=O)N[C@H]1CCc2cc(NC[C@](O)(c3cc(Cl)cc(C(F)(F)F)c3)C(F)(F)F)ccc21. The molecule has 1 aliphatic carbocycles. The van der Waals surface area contributed by atoms with Crippen LogP contribution in [-0.4, -0.2) is 23.7 Å². The number of alkyl halides is 6. The Labute approximate surface area is 190 Å². The molecule has 3 rings (SSSR count). The molecule has 180 valence electrons. The van der Waals surface area contributed by atoms with Gasteiger partial charge >= 0.3 is 12.4 Å². The van der Waals surface area contributed by atoms with Crippen LogP contribution in [0, 0.1) is 0 Å². The molecule has 0 aromatic heterocycles. The fraction of sp³-hybridized carbons (Fsp3) is 0.409. The molecule has 4 nitrogen and oxygen atoms in total. The molecule has 2 atom stereocenters. The number of anilines is 1. The van der Waals surface area contributed by atoms with Gasteiger partial charge < -0.3 is 15.7 Å². The maximum Gasteiger partial charge on any atom is 0.423 e. The molecule has 3 N–H and O–H groups in total. The van der Waals surface area contributed by atoms with E-state index in [0.717, 1.165) is 11.1 Å². The highest BCUT2D eigenvalue weighted by Crippen LogP contribution is 2.42. The molecule has 2 aromatic rings. The molecule has 11 heteroatoms. The number of aryl methyl sites for hydroxylation is 1. The second kappa shape index (κ2) is 9.06. The Kier molecular flexibility index (Phi) is 6.91. The van der Waals surface area contributed by atoms with Crippen LogP contribution in [0.2, 0.25) is 5.02 Å². The summed E-state index contributed by atoms with van der Waals surface area (Å²) >= 11 is 5.62. The summed E-state index contributed by atoms with van der Waals surface area (Å²) in [5, 5.41) is 15.3. The van der Waals surface area contributed by atoms with Gasteiger partial charge in [0.2, 0.25) is 11.5 Å². The number of fused-ring (bicyclic) bond motifs is 1. The smallest absolute Gasteiger partial charge is 0.381 e. The average Bonchev–Trinajstić information content (AvgIpc) is 3.11. The predicted molar refractivity (Wildman–Crippen MR) is 111 cm³/mol. The molecule has 0 bridgehead atoms. The summed E-state index contributed by atoms with van der Waals surface area (Å²) in [5.74, 6) is -0.120. The number of hydrogen-bond acceptors (Lipinski definition) is 3. The summed E-state index contributed by atoms with van der Waals surface area (Å²) in [6, 6.07) is 5.96. The van der Waals surface area contributed by atoms with Crippen molar-refractivity contribution in [2.75, 3.05) is 11.9 Å². The van der Waals surface area contributed by atoms with E-state index < -0.39 is 40.6 Å². The number of halogens is 7. The molecule has 0 spiro atoms. The van der Waals surface area contributed by atoms with E-state index in [9.17, 15) is 36.2 Å². The minimum absolute atomic E-state index is 0.120. The Bertz CT molecular complexity index is 1040. The highest BCUT2D eigenvalue weighted by atomic mass is 35.5. The third kappa shape index (κ3) is 5.38. The van der Waals surface area contributed by atoms with Crippen molar-refractivity contribution in [2.24, 2.45) is 0 Å². The van der Waals surface area contributed by atoms with Gasteiger partial charge in [0, 0.05) is 17.1 Å². The molecule has 0 saturated carbocycles. The highest BCUT2D eigenvalue weighted by Gasteiger charge is 2.55. The van der Waals surface area contributed by atoms with Gasteiger partial charge in [-0.3, -0.25) is 4.79 Å². The monoisotopic (exact) mass is 494 g/mol. The molecule has 33 heavy (non-hydrogen) atoms. The van der Waals surface area contributed by atoms with Gasteiger partial charge in [-0.25, -0.2) is 0 Å². The third-order valence-electron chi connectivity index (χ3n) is 5.60. The minimum Gasteiger partial charge on any atom is -0.381 e. The van der Waals surface area contributed by atoms with Crippen LogP contribution in [0.3, 0.4) is 0 Å². The number of carbonyl (C=O) groups excluding carboxylic acids is 1. The fourth-order valence-electron chi connectivity index (χ4n) is 3.76. The number of nitrogens with one attached hydrogen (secondary N) is 2. The second-order valence-corrected chi connectivity index (χ2v) is 8.30. The summed E-state index contributed by atoms with van der Waals surface area (Å²) in [5.41, 5.74) is -4.14. The van der Waals surface area contributed by atoms with Crippen molar-refractivity contribution in [3.8, 4) is 0 Å². The molecular formula is C22H21ClF6N2O2. The van der Waals surface area contributed by atoms with E-state index in [1.54, 1.807) is 19.1 Å². The summed E-state index contributed by atoms with van der Waals surface area (Å²) < 4.78 is 80.7. The molecule has 0 aliphatic heterocycles. The first-order valence-electron chi connectivity index (χ1n) is 10.1. The van der Waals surface area contributed by atoms with Crippen molar-refractivity contribution in [1.82, 2.24) is 5.32 Å². The Hall–Kier alpha value is -2.46. The lowest BCUT2D eigenvalue weighted by molar-refractivity contribution is -0.260. The van der Waals surface area contributed by atoms with Crippen molar-refractivity contribution in [1.29, 1.82) is 0 Å². The number of aliphatic hydroxyl groups is 1. The van der Waals surface area contributed by atoms with Gasteiger partial charge in [-0.2, -0.15) is 26.3 Å². The average molecular weight is 495 g/mol. The predicted octanol–water partition coefficient (Wildman–Crippen LogP) is 5.73. The van der Waals surface area contributed by atoms with Gasteiger partial charge in [0.15, 0.2) is 0 Å². The Morgan fingerprint density at radius 1 is 1.09 bits per heavy atom. The zero-order chi connectivity index (χ0) is 24.6. The molecular weight excluding hydrogens is 474 g/mol. The Balaban J connectivity index is 1.86. The number of amides is 1. The summed E-state index contributed by atoms with van der Waals surface area (Å²) in [6.45, 7) is 0.584. The summed E-state index contributed by atoms with van der Waals surface area (Å²) in [6.07, 6.45) is -8.68. The van der Waals surface area contributed by atoms with Crippen LogP contribution >= 0.6 is 11.6 Å². The zero-order valence-corrected chi connectivity index (χ0v) is 18.1. The molecule has 2 aromatic carbocycles. The molecule has 1 aliphatic rings. The van der Waals surface area contributed by atoms with Gasteiger partial charge in [-0.1, -0.05) is 24.6 Å². The molecule has 1 amide bonds. The Morgan fingerprint density at radius 2 is 1.76 bits per heavy atom. The molecule has 0 saturated heterocycles. The number of carbonyl (C=O) groups is 1. The van der Waals surface area contributed by atoms with Crippen molar-refractivity contribution in [3.05, 3.63) is 63.7 Å². The Morgan fingerprint density at radius 3 is 2.36 bits per heavy atom. The lowest BCUT2D eigenvalue weighted by Gasteiger charge is -2.32. The van der Waals surface area contributed by atoms with E-state index in [1.165, 1.54) is 6.07 Å². The quantitative estimate of drug-likeness (QED) is 0.449. The van der Waals surface area contributed by atoms with Gasteiger partial charge in [0.1, 0.15) is 0 Å². The van der Waals surface area contributed by atoms with E-state index in [4.69, 9.17) is 11.6 Å². The molecule has 0 radical (unpaired) electrons. The van der Waals surface area contributed by atoms with E-state index in [0.29, 0.717) is 31.4 Å². The normalized spacial score (nSPS) is 17.9. The van der Waals surface area contributed by atoms with Crippen molar-refractivity contribution < 1.29 is 36.2 Å². The maximum atomic E-state index is 13.8. The number of hydrogen-bond donors (Lipinski definition) is 3. The molecule has 0 fully saturated rings. The second-order valence-electron chi connectivity index (χ2n) is 7.86. The van der Waals surface area contributed by atoms with Gasteiger partial charge in [0.25, 0.3) is 0 Å². The van der Waals surface area contributed by atoms with Crippen molar-refractivity contribution in [3.63, 3.8) is 0 Å². The summed E-state index contributed by atoms with van der Waals surface area (Å²) in [4.78, 5) is 11.7. The topological polar surface area (TPSA) is 61.4 Å². The van der Waals surface area contributed by atoms with Gasteiger partial charge in [0.05, 0.1) is 18.2 Å². The van der Waals surface area contributed by atoms with E-state index in [2.05, 4.69) is 10.6 Å². The lowest BCUT2D eigenvalue weighted by Crippen LogP contribution is -2.48. The van der Waals surface area contributed by atoms with Crippen molar-refractivity contribution in [2.45, 2.75) is 50.2 Å². The maximum absolute atomic E-state index is 13.8. The minimum atomic E-state index is -5.29. The molecule has 0 heterocycles. The van der Waals surface area contributed by atoms with Crippen LogP contribution < -0.4 is 10.6 Å².